The van der Waals surface area contributed by atoms with Crippen molar-refractivity contribution in [3.8, 4) is 11.5 Å². The van der Waals surface area contributed by atoms with Crippen LogP contribution in [0.4, 0.5) is 0 Å². The van der Waals surface area contributed by atoms with Crippen molar-refractivity contribution in [2.24, 2.45) is 0 Å². The highest BCUT2D eigenvalue weighted by molar-refractivity contribution is 9.10. The normalized spacial score (nSPS) is 12.5. The summed E-state index contributed by atoms with van der Waals surface area (Å²) in [6.45, 7) is 5.55. The summed E-state index contributed by atoms with van der Waals surface area (Å²) in [6, 6.07) is 5.20. The van der Waals surface area contributed by atoms with Gasteiger partial charge in [-0.15, -0.1) is 0 Å². The summed E-state index contributed by atoms with van der Waals surface area (Å²) in [5.41, 5.74) is 2.65. The molecule has 1 aliphatic rings. The van der Waals surface area contributed by atoms with Crippen LogP contribution in [-0.2, 0) is 6.54 Å². The largest absolute Gasteiger partial charge is 0.454 e. The number of rotatable bonds is 5. The van der Waals surface area contributed by atoms with Crippen LogP contribution in [-0.4, -0.2) is 29.0 Å². The zero-order valence-corrected chi connectivity index (χ0v) is 14.6. The summed E-state index contributed by atoms with van der Waals surface area (Å²) >= 11 is 3.51. The van der Waals surface area contributed by atoms with E-state index in [0.717, 1.165) is 28.8 Å². The van der Waals surface area contributed by atoms with Crippen LogP contribution < -0.4 is 14.8 Å². The molecule has 0 aliphatic carbocycles. The maximum atomic E-state index is 12.1. The van der Waals surface area contributed by atoms with Gasteiger partial charge in [-0.3, -0.25) is 9.48 Å². The highest BCUT2D eigenvalue weighted by atomic mass is 79.9. The van der Waals surface area contributed by atoms with Crippen LogP contribution in [0.2, 0.25) is 0 Å². The lowest BCUT2D eigenvalue weighted by molar-refractivity contribution is 0.0952. The number of hydrogen-bond donors (Lipinski definition) is 1. The van der Waals surface area contributed by atoms with Gasteiger partial charge in [0.1, 0.15) is 0 Å². The Kier molecular flexibility index (Phi) is 4.56. The van der Waals surface area contributed by atoms with Gasteiger partial charge in [0.2, 0.25) is 6.79 Å². The molecular formula is C16H18BrN3O3. The van der Waals surface area contributed by atoms with E-state index in [4.69, 9.17) is 9.47 Å². The van der Waals surface area contributed by atoms with E-state index in [2.05, 4.69) is 26.3 Å². The van der Waals surface area contributed by atoms with Crippen molar-refractivity contribution >= 4 is 21.8 Å². The van der Waals surface area contributed by atoms with Crippen molar-refractivity contribution in [2.45, 2.75) is 26.8 Å². The minimum Gasteiger partial charge on any atom is -0.454 e. The third kappa shape index (κ3) is 3.34. The minimum absolute atomic E-state index is 0.113. The Labute approximate surface area is 142 Å². The number of fused-ring (bicyclic) bond motifs is 1. The van der Waals surface area contributed by atoms with E-state index in [1.54, 1.807) is 18.2 Å². The Hall–Kier alpha value is -2.02. The summed E-state index contributed by atoms with van der Waals surface area (Å²) in [6.07, 6.45) is 0.810. The van der Waals surface area contributed by atoms with Gasteiger partial charge in [0.15, 0.2) is 11.5 Å². The molecule has 0 radical (unpaired) electrons. The maximum absolute atomic E-state index is 12.1. The molecule has 0 atom stereocenters. The highest BCUT2D eigenvalue weighted by Gasteiger charge is 2.16. The van der Waals surface area contributed by atoms with E-state index in [0.29, 0.717) is 23.6 Å². The Morgan fingerprint density at radius 1 is 1.35 bits per heavy atom. The first-order chi connectivity index (χ1) is 11.1. The predicted octanol–water partition coefficient (Wildman–Crippen LogP) is 2.81. The maximum Gasteiger partial charge on any atom is 0.251 e. The lowest BCUT2D eigenvalue weighted by Gasteiger charge is -2.07. The van der Waals surface area contributed by atoms with Crippen LogP contribution in [0.15, 0.2) is 22.7 Å². The molecule has 0 bridgehead atoms. The quantitative estimate of drug-likeness (QED) is 0.811. The average molecular weight is 380 g/mol. The number of nitrogens with zero attached hydrogens (tertiary/aromatic N) is 2. The monoisotopic (exact) mass is 379 g/mol. The van der Waals surface area contributed by atoms with Crippen molar-refractivity contribution in [1.82, 2.24) is 15.1 Å². The molecule has 1 aromatic carbocycles. The fourth-order valence-corrected chi connectivity index (χ4v) is 2.75. The molecule has 122 valence electrons. The van der Waals surface area contributed by atoms with E-state index in [1.807, 2.05) is 18.5 Å². The second-order valence-electron chi connectivity index (χ2n) is 5.39. The van der Waals surface area contributed by atoms with E-state index in [9.17, 15) is 4.79 Å². The van der Waals surface area contributed by atoms with Gasteiger partial charge in [-0.05, 0) is 54.4 Å². The van der Waals surface area contributed by atoms with E-state index < -0.39 is 0 Å². The summed E-state index contributed by atoms with van der Waals surface area (Å²) in [7, 11) is 0. The van der Waals surface area contributed by atoms with Gasteiger partial charge in [-0.2, -0.15) is 5.10 Å². The minimum atomic E-state index is -0.113. The zero-order chi connectivity index (χ0) is 16.4. The van der Waals surface area contributed by atoms with Crippen LogP contribution in [0.25, 0.3) is 0 Å². The molecule has 1 aliphatic heterocycles. The summed E-state index contributed by atoms with van der Waals surface area (Å²) < 4.78 is 13.5. The Bertz CT molecular complexity index is 742. The van der Waals surface area contributed by atoms with Crippen molar-refractivity contribution in [3.63, 3.8) is 0 Å². The highest BCUT2D eigenvalue weighted by Crippen LogP contribution is 2.32. The van der Waals surface area contributed by atoms with Gasteiger partial charge in [-0.1, -0.05) is 0 Å². The SMILES string of the molecule is Cc1nn(CCCNC(=O)c2ccc3c(c2)OCO3)c(C)c1Br. The molecule has 7 heteroatoms. The number of aryl methyl sites for hydroxylation is 2. The van der Waals surface area contributed by atoms with E-state index >= 15 is 0 Å². The van der Waals surface area contributed by atoms with Crippen LogP contribution >= 0.6 is 15.9 Å². The van der Waals surface area contributed by atoms with Crippen molar-refractivity contribution < 1.29 is 14.3 Å². The summed E-state index contributed by atoms with van der Waals surface area (Å²) in [5.74, 6) is 1.18. The molecule has 2 heterocycles. The molecule has 0 fully saturated rings. The van der Waals surface area contributed by atoms with Crippen LogP contribution in [0.3, 0.4) is 0 Å². The molecule has 1 amide bonds. The first-order valence-electron chi connectivity index (χ1n) is 7.43. The molecule has 0 saturated heterocycles. The number of benzene rings is 1. The fourth-order valence-electron chi connectivity index (χ4n) is 2.46. The lowest BCUT2D eigenvalue weighted by atomic mass is 10.2. The average Bonchev–Trinajstić information content (AvgIpc) is 3.11. The Balaban J connectivity index is 1.50. The fraction of sp³-hybridized carbons (Fsp3) is 0.375. The summed E-state index contributed by atoms with van der Waals surface area (Å²) in [4.78, 5) is 12.1. The molecule has 0 saturated carbocycles. The number of amides is 1. The first-order valence-corrected chi connectivity index (χ1v) is 8.23. The van der Waals surface area contributed by atoms with Gasteiger partial charge < -0.3 is 14.8 Å². The Morgan fingerprint density at radius 3 is 2.87 bits per heavy atom. The molecule has 0 spiro atoms. The number of ether oxygens (including phenoxy) is 2. The van der Waals surface area contributed by atoms with Crippen LogP contribution in [0.5, 0.6) is 11.5 Å². The van der Waals surface area contributed by atoms with Gasteiger partial charge >= 0.3 is 0 Å². The van der Waals surface area contributed by atoms with Gasteiger partial charge in [-0.25, -0.2) is 0 Å². The number of hydrogen-bond acceptors (Lipinski definition) is 4. The smallest absolute Gasteiger partial charge is 0.251 e. The van der Waals surface area contributed by atoms with E-state index in [-0.39, 0.29) is 12.7 Å². The van der Waals surface area contributed by atoms with Gasteiger partial charge in [0.25, 0.3) is 5.91 Å². The molecular weight excluding hydrogens is 362 g/mol. The second kappa shape index (κ2) is 6.62. The first kappa shape index (κ1) is 15.9. The third-order valence-corrected chi connectivity index (χ3v) is 4.91. The molecule has 6 nitrogen and oxygen atoms in total. The summed E-state index contributed by atoms with van der Waals surface area (Å²) in [5, 5.41) is 7.36. The van der Waals surface area contributed by atoms with Crippen LogP contribution in [0.1, 0.15) is 28.2 Å². The third-order valence-electron chi connectivity index (χ3n) is 3.76. The van der Waals surface area contributed by atoms with Crippen molar-refractivity contribution in [2.75, 3.05) is 13.3 Å². The second-order valence-corrected chi connectivity index (χ2v) is 6.18. The Morgan fingerprint density at radius 2 is 2.13 bits per heavy atom. The van der Waals surface area contributed by atoms with Gasteiger partial charge in [0, 0.05) is 24.3 Å². The number of carbonyl (C=O) groups excluding carboxylic acids is 1. The van der Waals surface area contributed by atoms with Gasteiger partial charge in [0.05, 0.1) is 10.2 Å². The molecule has 1 aromatic heterocycles. The molecule has 1 N–H and O–H groups in total. The molecule has 0 unspecified atom stereocenters. The van der Waals surface area contributed by atoms with Crippen LogP contribution in [0, 0.1) is 13.8 Å². The van der Waals surface area contributed by atoms with Crippen molar-refractivity contribution in [1.29, 1.82) is 0 Å². The van der Waals surface area contributed by atoms with Crippen molar-refractivity contribution in [3.05, 3.63) is 39.6 Å². The number of halogens is 1. The molecule has 3 rings (SSSR count). The zero-order valence-electron chi connectivity index (χ0n) is 13.1. The number of aromatic nitrogens is 2. The van der Waals surface area contributed by atoms with E-state index in [1.165, 1.54) is 0 Å². The standard InChI is InChI=1S/C16H18BrN3O3/c1-10-15(17)11(2)20(19-10)7-3-6-18-16(21)12-4-5-13-14(8-12)23-9-22-13/h4-5,8H,3,6-7,9H2,1-2H3,(H,18,21). The topological polar surface area (TPSA) is 65.4 Å². The lowest BCUT2D eigenvalue weighted by Crippen LogP contribution is -2.25. The molecule has 2 aromatic rings. The number of nitrogens with one attached hydrogen (secondary N) is 1. The predicted molar refractivity (Wildman–Crippen MR) is 88.9 cm³/mol. The number of carbonyl (C=O) groups is 1. The molecule has 23 heavy (non-hydrogen) atoms.